The van der Waals surface area contributed by atoms with Crippen molar-refractivity contribution in [1.82, 2.24) is 15.6 Å². The summed E-state index contributed by atoms with van der Waals surface area (Å²) in [4.78, 5) is 11.7. The third kappa shape index (κ3) is 2.02. The molecular formula is C11H11ClN4O. The van der Waals surface area contributed by atoms with Gasteiger partial charge in [0.25, 0.3) is 5.91 Å². The Morgan fingerprint density at radius 2 is 2.18 bits per heavy atom. The second-order valence-electron chi connectivity index (χ2n) is 3.53. The smallest absolute Gasteiger partial charge is 0.269 e. The molecule has 0 saturated carbocycles. The lowest BCUT2D eigenvalue weighted by molar-refractivity contribution is 0.0954. The van der Waals surface area contributed by atoms with Crippen molar-refractivity contribution in [2.24, 2.45) is 5.84 Å². The molecule has 0 atom stereocenters. The van der Waals surface area contributed by atoms with Crippen molar-refractivity contribution in [2.75, 3.05) is 0 Å². The standard InChI is InChI=1S/C11H11ClN4O/c1-6-9(11(17)14-13)10(16-15-6)7-4-2-3-5-8(7)12/h2-5H,13H2,1H3,(H,14,17)(H,15,16). The van der Waals surface area contributed by atoms with Gasteiger partial charge in [-0.25, -0.2) is 5.84 Å². The summed E-state index contributed by atoms with van der Waals surface area (Å²) in [6.45, 7) is 1.75. The number of hydrogen-bond donors (Lipinski definition) is 3. The van der Waals surface area contributed by atoms with Gasteiger partial charge in [0.05, 0.1) is 10.6 Å². The van der Waals surface area contributed by atoms with E-state index >= 15 is 0 Å². The molecule has 0 radical (unpaired) electrons. The molecule has 0 saturated heterocycles. The predicted octanol–water partition coefficient (Wildman–Crippen LogP) is 1.64. The van der Waals surface area contributed by atoms with Crippen molar-refractivity contribution in [2.45, 2.75) is 6.92 Å². The number of nitrogens with two attached hydrogens (primary N) is 1. The number of nitrogen functional groups attached to an aromatic ring is 1. The van der Waals surface area contributed by atoms with Gasteiger partial charge in [-0.15, -0.1) is 0 Å². The molecule has 1 aromatic heterocycles. The molecule has 6 heteroatoms. The van der Waals surface area contributed by atoms with Crippen LogP contribution in [-0.4, -0.2) is 16.1 Å². The normalized spacial score (nSPS) is 10.3. The summed E-state index contributed by atoms with van der Waals surface area (Å²) in [5.41, 5.74) is 4.33. The Balaban J connectivity index is 2.61. The highest BCUT2D eigenvalue weighted by Gasteiger charge is 2.19. The average Bonchev–Trinajstić information content (AvgIpc) is 2.71. The number of benzene rings is 1. The summed E-state index contributed by atoms with van der Waals surface area (Å²) in [6.07, 6.45) is 0. The first-order chi connectivity index (χ1) is 8.15. The second kappa shape index (κ2) is 4.57. The summed E-state index contributed by atoms with van der Waals surface area (Å²) >= 11 is 6.07. The number of rotatable bonds is 2. The number of aromatic amines is 1. The number of aryl methyl sites for hydroxylation is 1. The van der Waals surface area contributed by atoms with Gasteiger partial charge in [-0.05, 0) is 13.0 Å². The molecule has 1 heterocycles. The van der Waals surface area contributed by atoms with E-state index < -0.39 is 5.91 Å². The lowest BCUT2D eigenvalue weighted by Gasteiger charge is -2.04. The number of amides is 1. The number of hydrogen-bond acceptors (Lipinski definition) is 3. The maximum Gasteiger partial charge on any atom is 0.269 e. The topological polar surface area (TPSA) is 83.8 Å². The fourth-order valence-electron chi connectivity index (χ4n) is 1.63. The number of H-pyrrole nitrogens is 1. The molecule has 0 aliphatic rings. The number of nitrogens with one attached hydrogen (secondary N) is 2. The van der Waals surface area contributed by atoms with E-state index in [1.807, 2.05) is 12.1 Å². The van der Waals surface area contributed by atoms with E-state index in [1.54, 1.807) is 19.1 Å². The maximum absolute atomic E-state index is 11.7. The van der Waals surface area contributed by atoms with Crippen LogP contribution in [0.3, 0.4) is 0 Å². The molecule has 4 N–H and O–H groups in total. The Morgan fingerprint density at radius 1 is 1.47 bits per heavy atom. The van der Waals surface area contributed by atoms with Gasteiger partial charge in [0.2, 0.25) is 0 Å². The van der Waals surface area contributed by atoms with E-state index in [-0.39, 0.29) is 0 Å². The van der Waals surface area contributed by atoms with E-state index in [1.165, 1.54) is 0 Å². The highest BCUT2D eigenvalue weighted by atomic mass is 35.5. The van der Waals surface area contributed by atoms with Crippen LogP contribution >= 0.6 is 11.6 Å². The molecule has 0 aliphatic carbocycles. The van der Waals surface area contributed by atoms with Crippen LogP contribution in [0.5, 0.6) is 0 Å². The van der Waals surface area contributed by atoms with Crippen LogP contribution < -0.4 is 11.3 Å². The Kier molecular flexibility index (Phi) is 3.12. The Morgan fingerprint density at radius 3 is 2.82 bits per heavy atom. The lowest BCUT2D eigenvalue weighted by Crippen LogP contribution is -2.30. The van der Waals surface area contributed by atoms with Crippen molar-refractivity contribution in [1.29, 1.82) is 0 Å². The summed E-state index contributed by atoms with van der Waals surface area (Å²) in [7, 11) is 0. The summed E-state index contributed by atoms with van der Waals surface area (Å²) in [5.74, 6) is 4.75. The quantitative estimate of drug-likeness (QED) is 0.430. The van der Waals surface area contributed by atoms with Gasteiger partial charge in [-0.1, -0.05) is 29.8 Å². The average molecular weight is 251 g/mol. The Hall–Kier alpha value is -1.85. The number of carbonyl (C=O) groups excluding carboxylic acids is 1. The zero-order valence-corrected chi connectivity index (χ0v) is 9.88. The molecule has 0 bridgehead atoms. The summed E-state index contributed by atoms with van der Waals surface area (Å²) < 4.78 is 0. The Labute approximate surface area is 103 Å². The molecule has 0 spiro atoms. The van der Waals surface area contributed by atoms with Crippen LogP contribution in [0, 0.1) is 6.92 Å². The van der Waals surface area contributed by atoms with Crippen LogP contribution in [0.1, 0.15) is 16.1 Å². The van der Waals surface area contributed by atoms with Crippen molar-refractivity contribution in [3.8, 4) is 11.3 Å². The highest BCUT2D eigenvalue weighted by molar-refractivity contribution is 6.33. The number of hydrazine groups is 1. The highest BCUT2D eigenvalue weighted by Crippen LogP contribution is 2.29. The fraction of sp³-hybridized carbons (Fsp3) is 0.0909. The molecule has 17 heavy (non-hydrogen) atoms. The fourth-order valence-corrected chi connectivity index (χ4v) is 1.85. The first-order valence-corrected chi connectivity index (χ1v) is 5.33. The van der Waals surface area contributed by atoms with Gasteiger partial charge in [0, 0.05) is 11.3 Å². The second-order valence-corrected chi connectivity index (χ2v) is 3.93. The van der Waals surface area contributed by atoms with Crippen molar-refractivity contribution >= 4 is 17.5 Å². The van der Waals surface area contributed by atoms with Crippen LogP contribution in [0.2, 0.25) is 5.02 Å². The van der Waals surface area contributed by atoms with E-state index in [4.69, 9.17) is 17.4 Å². The van der Waals surface area contributed by atoms with Gasteiger partial charge in [0.15, 0.2) is 0 Å². The molecule has 0 fully saturated rings. The maximum atomic E-state index is 11.7. The molecular weight excluding hydrogens is 240 g/mol. The minimum Gasteiger partial charge on any atom is -0.290 e. The molecule has 0 unspecified atom stereocenters. The summed E-state index contributed by atoms with van der Waals surface area (Å²) in [5, 5.41) is 7.38. The molecule has 2 rings (SSSR count). The predicted molar refractivity (Wildman–Crippen MR) is 65.4 cm³/mol. The molecule has 88 valence electrons. The number of nitrogens with zero attached hydrogens (tertiary/aromatic N) is 1. The van der Waals surface area contributed by atoms with E-state index in [2.05, 4.69) is 15.6 Å². The first kappa shape index (κ1) is 11.6. The van der Waals surface area contributed by atoms with Crippen LogP contribution in [0.4, 0.5) is 0 Å². The minimum absolute atomic E-state index is 0.397. The molecule has 2 aromatic rings. The van der Waals surface area contributed by atoms with E-state index in [0.717, 1.165) is 0 Å². The number of halogens is 1. The van der Waals surface area contributed by atoms with Gasteiger partial charge in [-0.3, -0.25) is 15.3 Å². The molecule has 0 aliphatic heterocycles. The third-order valence-corrected chi connectivity index (χ3v) is 2.76. The number of aromatic nitrogens is 2. The van der Waals surface area contributed by atoms with Crippen LogP contribution in [0.15, 0.2) is 24.3 Å². The molecule has 5 nitrogen and oxygen atoms in total. The van der Waals surface area contributed by atoms with Crippen LogP contribution in [0.25, 0.3) is 11.3 Å². The SMILES string of the molecule is Cc1[nH]nc(-c2ccccc2Cl)c1C(=O)NN. The van der Waals surface area contributed by atoms with Gasteiger partial charge >= 0.3 is 0 Å². The lowest BCUT2D eigenvalue weighted by atomic mass is 10.1. The van der Waals surface area contributed by atoms with Crippen LogP contribution in [-0.2, 0) is 0 Å². The minimum atomic E-state index is -0.397. The van der Waals surface area contributed by atoms with Gasteiger partial charge < -0.3 is 0 Å². The van der Waals surface area contributed by atoms with E-state index in [9.17, 15) is 4.79 Å². The van der Waals surface area contributed by atoms with Gasteiger partial charge in [0.1, 0.15) is 5.69 Å². The zero-order valence-electron chi connectivity index (χ0n) is 9.12. The third-order valence-electron chi connectivity index (χ3n) is 2.43. The Bertz CT molecular complexity index is 564. The molecule has 1 amide bonds. The first-order valence-electron chi connectivity index (χ1n) is 4.96. The van der Waals surface area contributed by atoms with Crippen molar-refractivity contribution < 1.29 is 4.79 Å². The van der Waals surface area contributed by atoms with E-state index in [0.29, 0.717) is 27.5 Å². The largest absolute Gasteiger partial charge is 0.290 e. The zero-order chi connectivity index (χ0) is 12.4. The molecule has 1 aromatic carbocycles. The van der Waals surface area contributed by atoms with Gasteiger partial charge in [-0.2, -0.15) is 5.10 Å². The number of carbonyl (C=O) groups is 1. The summed E-state index contributed by atoms with van der Waals surface area (Å²) in [6, 6.07) is 7.18. The van der Waals surface area contributed by atoms with Crippen molar-refractivity contribution in [3.63, 3.8) is 0 Å². The van der Waals surface area contributed by atoms with Crippen molar-refractivity contribution in [3.05, 3.63) is 40.5 Å². The monoisotopic (exact) mass is 250 g/mol.